The largest absolute Gasteiger partial charge is 0.396 e. The van der Waals surface area contributed by atoms with Crippen LogP contribution in [0.3, 0.4) is 0 Å². The summed E-state index contributed by atoms with van der Waals surface area (Å²) < 4.78 is 22.1. The highest BCUT2D eigenvalue weighted by molar-refractivity contribution is 7.92. The first-order chi connectivity index (χ1) is 7.17. The van der Waals surface area contributed by atoms with E-state index in [2.05, 4.69) is 0 Å². The molecule has 1 aliphatic heterocycles. The molecule has 0 aromatic heterocycles. The summed E-state index contributed by atoms with van der Waals surface area (Å²) in [6, 6.07) is 0. The van der Waals surface area contributed by atoms with Crippen molar-refractivity contribution >= 4 is 15.7 Å². The number of aliphatic hydroxyl groups is 1. The first-order valence-electron chi connectivity index (χ1n) is 5.25. The smallest absolute Gasteiger partial charge is 0.223 e. The van der Waals surface area contributed by atoms with Crippen molar-refractivity contribution in [3.8, 4) is 0 Å². The molecule has 1 fully saturated rings. The lowest BCUT2D eigenvalue weighted by atomic mass is 10.1. The summed E-state index contributed by atoms with van der Waals surface area (Å²) in [6.07, 6.45) is 1.49. The van der Waals surface area contributed by atoms with Gasteiger partial charge in [0.05, 0.1) is 4.75 Å². The molecule has 0 radical (unpaired) electrons. The third-order valence-electron chi connectivity index (χ3n) is 3.13. The van der Waals surface area contributed by atoms with Gasteiger partial charge in [-0.25, -0.2) is 8.42 Å². The van der Waals surface area contributed by atoms with E-state index in [1.165, 1.54) is 11.2 Å². The predicted octanol–water partition coefficient (Wildman–Crippen LogP) is -0.350. The summed E-state index contributed by atoms with van der Waals surface area (Å²) >= 11 is 0. The Balaban J connectivity index is 2.73. The van der Waals surface area contributed by atoms with Crippen LogP contribution in [0.2, 0.25) is 0 Å². The van der Waals surface area contributed by atoms with Crippen LogP contribution < -0.4 is 0 Å². The van der Waals surface area contributed by atoms with Crippen molar-refractivity contribution in [3.63, 3.8) is 0 Å². The van der Waals surface area contributed by atoms with Crippen molar-refractivity contribution in [2.24, 2.45) is 5.92 Å². The summed E-state index contributed by atoms with van der Waals surface area (Å²) in [6.45, 7) is 3.85. The molecule has 1 N–H and O–H groups in total. The van der Waals surface area contributed by atoms with Crippen LogP contribution >= 0.6 is 0 Å². The maximum atomic E-state index is 11.6. The van der Waals surface area contributed by atoms with Crippen molar-refractivity contribution in [2.45, 2.75) is 25.0 Å². The molecule has 6 heteroatoms. The van der Waals surface area contributed by atoms with Crippen LogP contribution in [0.1, 0.15) is 20.3 Å². The fourth-order valence-corrected chi connectivity index (χ4v) is 2.10. The van der Waals surface area contributed by atoms with E-state index < -0.39 is 14.6 Å². The minimum absolute atomic E-state index is 0.0262. The van der Waals surface area contributed by atoms with Gasteiger partial charge in [-0.15, -0.1) is 0 Å². The van der Waals surface area contributed by atoms with Gasteiger partial charge in [0, 0.05) is 38.3 Å². The Hall–Kier alpha value is -0.620. The molecule has 0 bridgehead atoms. The number of nitrogens with zero attached hydrogens (tertiary/aromatic N) is 1. The Morgan fingerprint density at radius 1 is 1.50 bits per heavy atom. The van der Waals surface area contributed by atoms with E-state index in [1.54, 1.807) is 13.8 Å². The lowest BCUT2D eigenvalue weighted by Crippen LogP contribution is -2.44. The van der Waals surface area contributed by atoms with Gasteiger partial charge in [0.15, 0.2) is 9.84 Å². The first-order valence-corrected chi connectivity index (χ1v) is 7.15. The van der Waals surface area contributed by atoms with Crippen LogP contribution in [0.5, 0.6) is 0 Å². The first kappa shape index (κ1) is 13.4. The van der Waals surface area contributed by atoms with Gasteiger partial charge >= 0.3 is 0 Å². The zero-order valence-corrected chi connectivity index (χ0v) is 10.7. The Labute approximate surface area is 96.4 Å². The van der Waals surface area contributed by atoms with Crippen LogP contribution in [0.4, 0.5) is 0 Å². The molecule has 1 amide bonds. The van der Waals surface area contributed by atoms with Crippen LogP contribution in [0.15, 0.2) is 0 Å². The number of carbonyl (C=O) groups excluding carboxylic acids is 1. The van der Waals surface area contributed by atoms with Crippen LogP contribution in [-0.2, 0) is 14.6 Å². The number of amides is 1. The lowest BCUT2D eigenvalue weighted by molar-refractivity contribution is -0.128. The Kier molecular flexibility index (Phi) is 3.64. The Bertz CT molecular complexity index is 374. The quantitative estimate of drug-likeness (QED) is 0.739. The molecule has 1 atom stereocenters. The predicted molar refractivity (Wildman–Crippen MR) is 60.7 cm³/mol. The number of likely N-dealkylation sites (tertiary alicyclic amines) is 1. The molecule has 1 heterocycles. The summed E-state index contributed by atoms with van der Waals surface area (Å²) in [5.74, 6) is -0.126. The minimum atomic E-state index is -3.19. The fraction of sp³-hybridized carbons (Fsp3) is 0.900. The molecule has 1 aliphatic rings. The van der Waals surface area contributed by atoms with Gasteiger partial charge in [-0.1, -0.05) is 0 Å². The standard InChI is InChI=1S/C10H19NO4S/c1-10(2,16(3,14)15)7-11-5-8(6-12)4-9(11)13/h8,12H,4-7H2,1-3H3. The van der Waals surface area contributed by atoms with Crippen molar-refractivity contribution < 1.29 is 18.3 Å². The monoisotopic (exact) mass is 249 g/mol. The zero-order valence-electron chi connectivity index (χ0n) is 9.93. The van der Waals surface area contributed by atoms with Crippen LogP contribution in [-0.4, -0.2) is 55.0 Å². The van der Waals surface area contributed by atoms with E-state index in [-0.39, 0.29) is 25.0 Å². The highest BCUT2D eigenvalue weighted by Gasteiger charge is 2.37. The molecule has 0 aliphatic carbocycles. The van der Waals surface area contributed by atoms with E-state index in [0.717, 1.165) is 0 Å². The van der Waals surface area contributed by atoms with Crippen LogP contribution in [0, 0.1) is 5.92 Å². The summed E-state index contributed by atoms with van der Waals surface area (Å²) in [7, 11) is -3.19. The normalized spacial score (nSPS) is 22.9. The number of hydrogen-bond acceptors (Lipinski definition) is 4. The molecule has 0 saturated carbocycles. The molecule has 0 aromatic rings. The Morgan fingerprint density at radius 2 is 2.06 bits per heavy atom. The zero-order chi connectivity index (χ0) is 12.6. The topological polar surface area (TPSA) is 74.7 Å². The van der Waals surface area contributed by atoms with Gasteiger partial charge in [-0.05, 0) is 13.8 Å². The Morgan fingerprint density at radius 3 is 2.44 bits per heavy atom. The van der Waals surface area contributed by atoms with Gasteiger partial charge < -0.3 is 10.0 Å². The molecular formula is C10H19NO4S. The summed E-state index contributed by atoms with van der Waals surface area (Å²) in [4.78, 5) is 13.1. The summed E-state index contributed by atoms with van der Waals surface area (Å²) in [5.41, 5.74) is 0. The second-order valence-electron chi connectivity index (χ2n) is 5.06. The van der Waals surface area contributed by atoms with Crippen LogP contribution in [0.25, 0.3) is 0 Å². The summed E-state index contributed by atoms with van der Waals surface area (Å²) in [5, 5.41) is 8.96. The van der Waals surface area contributed by atoms with Crippen molar-refractivity contribution in [1.82, 2.24) is 4.90 Å². The van der Waals surface area contributed by atoms with Gasteiger partial charge in [0.2, 0.25) is 5.91 Å². The third kappa shape index (κ3) is 2.74. The number of hydrogen-bond donors (Lipinski definition) is 1. The molecule has 1 unspecified atom stereocenters. The molecular weight excluding hydrogens is 230 g/mol. The molecule has 1 rings (SSSR count). The lowest BCUT2D eigenvalue weighted by Gasteiger charge is -2.28. The van der Waals surface area contributed by atoms with Crippen molar-refractivity contribution in [3.05, 3.63) is 0 Å². The average molecular weight is 249 g/mol. The number of sulfone groups is 1. The van der Waals surface area contributed by atoms with E-state index in [0.29, 0.717) is 13.0 Å². The maximum absolute atomic E-state index is 11.6. The number of aliphatic hydroxyl groups excluding tert-OH is 1. The molecule has 0 spiro atoms. The maximum Gasteiger partial charge on any atom is 0.223 e. The number of rotatable bonds is 4. The average Bonchev–Trinajstić information content (AvgIpc) is 2.44. The fourth-order valence-electron chi connectivity index (χ4n) is 1.71. The SMILES string of the molecule is CC(C)(CN1CC(CO)CC1=O)S(C)(=O)=O. The molecule has 1 saturated heterocycles. The van der Waals surface area contributed by atoms with Crippen molar-refractivity contribution in [1.29, 1.82) is 0 Å². The van der Waals surface area contributed by atoms with E-state index in [9.17, 15) is 13.2 Å². The number of carbonyl (C=O) groups is 1. The second kappa shape index (κ2) is 4.33. The highest BCUT2D eigenvalue weighted by atomic mass is 32.2. The molecule has 16 heavy (non-hydrogen) atoms. The van der Waals surface area contributed by atoms with Crippen molar-refractivity contribution in [2.75, 3.05) is 26.0 Å². The van der Waals surface area contributed by atoms with Gasteiger partial charge in [0.25, 0.3) is 0 Å². The van der Waals surface area contributed by atoms with E-state index in [1.807, 2.05) is 0 Å². The van der Waals surface area contributed by atoms with Gasteiger partial charge in [-0.3, -0.25) is 4.79 Å². The molecule has 0 aromatic carbocycles. The minimum Gasteiger partial charge on any atom is -0.396 e. The van der Waals surface area contributed by atoms with E-state index in [4.69, 9.17) is 5.11 Å². The molecule has 94 valence electrons. The van der Waals surface area contributed by atoms with Gasteiger partial charge in [-0.2, -0.15) is 0 Å². The van der Waals surface area contributed by atoms with Gasteiger partial charge in [0.1, 0.15) is 0 Å². The second-order valence-corrected chi connectivity index (χ2v) is 7.71. The molecule has 5 nitrogen and oxygen atoms in total. The third-order valence-corrected chi connectivity index (χ3v) is 5.26. The van der Waals surface area contributed by atoms with E-state index >= 15 is 0 Å². The highest BCUT2D eigenvalue weighted by Crippen LogP contribution is 2.23.